The van der Waals surface area contributed by atoms with Crippen molar-refractivity contribution in [1.29, 1.82) is 0 Å². The minimum absolute atomic E-state index is 0.00442. The van der Waals surface area contributed by atoms with Gasteiger partial charge in [0, 0.05) is 77.6 Å². The fraction of sp³-hybridized carbons (Fsp3) is 0.395. The number of rotatable bonds is 7. The number of allylic oxidation sites excluding steroid dienone is 8. The fourth-order valence-electron chi connectivity index (χ4n) is 20.6. The molecule has 14 atom stereocenters. The first-order chi connectivity index (χ1) is 45.0. The number of aliphatic hydroxyl groups excluding tert-OH is 3. The third-order valence-electron chi connectivity index (χ3n) is 24.4. The zero-order chi connectivity index (χ0) is 62.4. The molecule has 6 aromatic rings. The van der Waals surface area contributed by atoms with Gasteiger partial charge in [0.1, 0.15) is 11.3 Å². The molecule has 4 heterocycles. The van der Waals surface area contributed by atoms with Crippen LogP contribution in [0.5, 0.6) is 5.75 Å². The van der Waals surface area contributed by atoms with Crippen LogP contribution in [0.2, 0.25) is 0 Å². The number of fused-ring (bicyclic) bond motifs is 9. The lowest BCUT2D eigenvalue weighted by Crippen LogP contribution is -2.64. The first-order valence-corrected chi connectivity index (χ1v) is 33.8. The minimum atomic E-state index is -1.40. The highest BCUT2D eigenvalue weighted by Gasteiger charge is 2.69. The van der Waals surface area contributed by atoms with Crippen LogP contribution in [0.3, 0.4) is 0 Å². The summed E-state index contributed by atoms with van der Waals surface area (Å²) in [5, 5.41) is 33.3. The van der Waals surface area contributed by atoms with Gasteiger partial charge in [-0.25, -0.2) is 9.59 Å². The largest absolute Gasteiger partial charge is 0.482 e. The molecule has 9 bridgehead atoms. The first kappa shape index (κ1) is 57.9. The molecule has 18 rings (SSSR count). The highest BCUT2D eigenvalue weighted by atomic mass is 16.6. The van der Waals surface area contributed by atoms with Crippen molar-refractivity contribution in [1.82, 2.24) is 0 Å². The van der Waals surface area contributed by atoms with Gasteiger partial charge in [-0.05, 0) is 184 Å². The molecule has 92 heavy (non-hydrogen) atoms. The third kappa shape index (κ3) is 8.42. The molecule has 12 aliphatic rings. The summed E-state index contributed by atoms with van der Waals surface area (Å²) in [7, 11) is 1.53. The van der Waals surface area contributed by atoms with Crippen LogP contribution in [0.25, 0.3) is 34.8 Å². The highest BCUT2D eigenvalue weighted by molar-refractivity contribution is 5.91. The molecule has 1 aromatic heterocycles. The van der Waals surface area contributed by atoms with Gasteiger partial charge in [-0.2, -0.15) is 0 Å². The second-order valence-corrected chi connectivity index (χ2v) is 28.4. The molecule has 11 nitrogen and oxygen atoms in total. The molecular weight excluding hydrogens is 1150 g/mol. The average Bonchev–Trinajstić information content (AvgIpc) is 1.10. The van der Waals surface area contributed by atoms with E-state index in [2.05, 4.69) is 146 Å². The Bertz CT molecular complexity index is 4390. The molecule has 0 amide bonds. The van der Waals surface area contributed by atoms with Crippen LogP contribution >= 0.6 is 0 Å². The Balaban J connectivity index is 0.924. The molecule has 2 spiro atoms. The lowest BCUT2D eigenvalue weighted by atomic mass is 9.48. The second-order valence-electron chi connectivity index (χ2n) is 28.4. The molecule has 3 aliphatic heterocycles. The number of aryl methyl sites for hydroxylation is 2. The Morgan fingerprint density at radius 3 is 2.45 bits per heavy atom. The summed E-state index contributed by atoms with van der Waals surface area (Å²) in [6.45, 7) is 0.687. The Morgan fingerprint density at radius 1 is 0.772 bits per heavy atom. The SMILES string of the molecule is COC[C@@H](CCO)c1c(CO)c2ccc3c(c2oc1=O)[C@H]1OC(=O)C[C@H]2C[C@@H]4C=C[C@H]2c2cc5c(cc2/C=C/C2=C[C@@H]6CCC[C@@H]7C=Cc8ccccc8[C@]67c6cccc4c62)CC/C(=C(\C)CO)C(=O)O[C@@H]1[C@@]1(CC=C[C@]2(CC5)[C@H]4C=Cc5ccccc5[C@H]4C[C@@H]21)O3. The number of aliphatic hydroxyl groups is 3. The van der Waals surface area contributed by atoms with E-state index < -0.39 is 53.3 Å². The van der Waals surface area contributed by atoms with Gasteiger partial charge in [0.25, 0.3) is 0 Å². The number of carbonyl (C=O) groups excluding carboxylic acids is 2. The summed E-state index contributed by atoms with van der Waals surface area (Å²) >= 11 is 0. The molecule has 0 radical (unpaired) electrons. The Hall–Kier alpha value is -7.93. The van der Waals surface area contributed by atoms with E-state index in [0.29, 0.717) is 65.9 Å². The van der Waals surface area contributed by atoms with E-state index in [4.69, 9.17) is 23.4 Å². The molecule has 0 saturated heterocycles. The van der Waals surface area contributed by atoms with Gasteiger partial charge in [-0.1, -0.05) is 152 Å². The van der Waals surface area contributed by atoms with Gasteiger partial charge in [0.2, 0.25) is 0 Å². The van der Waals surface area contributed by atoms with Crippen LogP contribution in [-0.2, 0) is 48.7 Å². The molecule has 2 fully saturated rings. The standard InChI is InChI=1S/C81H78O11/c1-45(42-83)57-25-21-48-36-51-18-19-52-38-56-13-7-12-55-24-20-47-11-4-6-16-65(47)81(55,56)67-17-8-15-60(71(52)67)50-22-26-59-54(37-50)40-70(85)89-75-73-68(29-27-61-64(43-84)72(78(87)90-74(61)73)53(31-35-82)44-88-2)92-80(76(75)91-77(57)86)33-9-32-79(34-30-49(48)39-62(51)59)66-28-23-46-10-3-5-14-58(46)63(66)41-69(79)80/h3-6,8-11,14-20,22-24,26-29,32,36,38-39,50,53-56,59,63,66,69,75-76,82-84H,7,12-13,21,25,30-31,33-35,37,40-44H2,1-2H3/b19-18+,57-45-/t50-,53+,54+,55+,56-,59+,63+,66-,69-,75+,76-,79-,80-,81+/m0/s1. The van der Waals surface area contributed by atoms with Crippen LogP contribution in [0.1, 0.15) is 179 Å². The van der Waals surface area contributed by atoms with Crippen molar-refractivity contribution < 1.29 is 48.3 Å². The van der Waals surface area contributed by atoms with E-state index in [0.717, 1.165) is 42.4 Å². The van der Waals surface area contributed by atoms with Crippen molar-refractivity contribution in [3.63, 3.8) is 0 Å². The van der Waals surface area contributed by atoms with E-state index in [9.17, 15) is 20.1 Å². The van der Waals surface area contributed by atoms with Gasteiger partial charge in [0.05, 0.1) is 25.4 Å². The van der Waals surface area contributed by atoms with Crippen LogP contribution in [0.4, 0.5) is 0 Å². The van der Waals surface area contributed by atoms with E-state index >= 15 is 9.59 Å². The zero-order valence-electron chi connectivity index (χ0n) is 52.3. The normalized spacial score (nSPS) is 32.5. The van der Waals surface area contributed by atoms with E-state index in [1.807, 2.05) is 6.07 Å². The number of benzene rings is 5. The monoisotopic (exact) mass is 1230 g/mol. The molecule has 2 saturated carbocycles. The number of carbonyl (C=O) groups is 2. The maximum absolute atomic E-state index is 16.3. The van der Waals surface area contributed by atoms with Gasteiger partial charge >= 0.3 is 17.6 Å². The smallest absolute Gasteiger partial charge is 0.340 e. The van der Waals surface area contributed by atoms with Crippen molar-refractivity contribution in [3.8, 4) is 5.75 Å². The van der Waals surface area contributed by atoms with Gasteiger partial charge in [-0.3, -0.25) is 4.79 Å². The molecular formula is C81H78O11. The summed E-state index contributed by atoms with van der Waals surface area (Å²) in [5.74, 6) is -1.65. The predicted molar refractivity (Wildman–Crippen MR) is 354 cm³/mol. The molecule has 9 aliphatic carbocycles. The van der Waals surface area contributed by atoms with E-state index in [1.54, 1.807) is 13.0 Å². The Kier molecular flexibility index (Phi) is 13.9. The zero-order valence-corrected chi connectivity index (χ0v) is 52.3. The fourth-order valence-corrected chi connectivity index (χ4v) is 20.6. The van der Waals surface area contributed by atoms with Gasteiger partial charge in [0.15, 0.2) is 17.8 Å². The van der Waals surface area contributed by atoms with Crippen molar-refractivity contribution in [2.75, 3.05) is 26.9 Å². The number of esters is 2. The number of hydrogen-bond donors (Lipinski definition) is 3. The number of hydrogen-bond acceptors (Lipinski definition) is 11. The Morgan fingerprint density at radius 2 is 1.59 bits per heavy atom. The van der Waals surface area contributed by atoms with Crippen molar-refractivity contribution in [3.05, 3.63) is 239 Å². The van der Waals surface area contributed by atoms with E-state index in [-0.39, 0.29) is 103 Å². The number of ether oxygens (including phenoxy) is 4. The second kappa shape index (κ2) is 22.1. The molecule has 3 N–H and O–H groups in total. The predicted octanol–water partition coefficient (Wildman–Crippen LogP) is 14.3. The summed E-state index contributed by atoms with van der Waals surface area (Å²) in [4.78, 5) is 47.2. The molecule has 11 heteroatoms. The lowest BCUT2D eigenvalue weighted by molar-refractivity contribution is -0.210. The van der Waals surface area contributed by atoms with Crippen molar-refractivity contribution >= 4 is 46.7 Å². The highest BCUT2D eigenvalue weighted by Crippen LogP contribution is 2.69. The van der Waals surface area contributed by atoms with Crippen molar-refractivity contribution in [2.45, 2.75) is 137 Å². The summed E-state index contributed by atoms with van der Waals surface area (Å²) in [5.41, 5.74) is 13.4. The molecule has 5 aromatic carbocycles. The third-order valence-corrected chi connectivity index (χ3v) is 24.4. The molecule has 468 valence electrons. The van der Waals surface area contributed by atoms with Crippen LogP contribution in [0.15, 0.2) is 160 Å². The topological polar surface area (TPSA) is 162 Å². The summed E-state index contributed by atoms with van der Waals surface area (Å²) in [6, 6.07) is 33.2. The maximum Gasteiger partial charge on any atom is 0.340 e. The van der Waals surface area contributed by atoms with Crippen LogP contribution < -0.4 is 10.4 Å². The first-order valence-electron chi connectivity index (χ1n) is 33.8. The molecule has 0 unspecified atom stereocenters. The number of methoxy groups -OCH3 is 1. The minimum Gasteiger partial charge on any atom is -0.482 e. The van der Waals surface area contributed by atoms with E-state index in [1.165, 1.54) is 57.2 Å². The Labute approximate surface area is 536 Å². The van der Waals surface area contributed by atoms with Crippen LogP contribution in [0, 0.1) is 35.0 Å². The maximum atomic E-state index is 16.3. The van der Waals surface area contributed by atoms with Gasteiger partial charge in [-0.15, -0.1) is 0 Å². The van der Waals surface area contributed by atoms with Gasteiger partial charge < -0.3 is 38.7 Å². The van der Waals surface area contributed by atoms with Crippen molar-refractivity contribution in [2.24, 2.45) is 35.0 Å². The summed E-state index contributed by atoms with van der Waals surface area (Å²) < 4.78 is 34.7. The van der Waals surface area contributed by atoms with Crippen LogP contribution in [-0.4, -0.2) is 65.9 Å². The average molecular weight is 1230 g/mol. The quantitative estimate of drug-likeness (QED) is 0.0604. The summed E-state index contributed by atoms with van der Waals surface area (Å²) in [6.07, 6.45) is 30.9. The lowest BCUT2D eigenvalue weighted by Gasteiger charge is -2.56.